The summed E-state index contributed by atoms with van der Waals surface area (Å²) >= 11 is 0. The monoisotopic (exact) mass is 257 g/mol. The Kier molecular flexibility index (Phi) is 4.95. The molecule has 0 aliphatic heterocycles. The van der Waals surface area contributed by atoms with Gasteiger partial charge in [-0.05, 0) is 30.3 Å². The highest BCUT2D eigenvalue weighted by Gasteiger charge is 2.03. The second-order valence-electron chi connectivity index (χ2n) is 4.30. The van der Waals surface area contributed by atoms with Crippen molar-refractivity contribution < 1.29 is 9.84 Å². The van der Waals surface area contributed by atoms with Gasteiger partial charge in [-0.25, -0.2) is 0 Å². The van der Waals surface area contributed by atoms with Crippen molar-refractivity contribution in [2.75, 3.05) is 6.54 Å². The molecule has 0 saturated heterocycles. The summed E-state index contributed by atoms with van der Waals surface area (Å²) in [5, 5.41) is 12.6. The van der Waals surface area contributed by atoms with E-state index < -0.39 is 0 Å². The number of ether oxygens (including phenoxy) is 1. The Hall–Kier alpha value is -1.84. The lowest BCUT2D eigenvalue weighted by Crippen LogP contribution is -2.11. The Morgan fingerprint density at radius 3 is 2.74 bits per heavy atom. The molecule has 2 aromatic rings. The number of nitrogens with one attached hydrogen (secondary N) is 1. The average Bonchev–Trinajstić information content (AvgIpc) is 2.46. The first kappa shape index (κ1) is 13.6. The number of aliphatic hydroxyl groups excluding tert-OH is 1. The number of benzene rings is 2. The zero-order chi connectivity index (χ0) is 13.5. The number of rotatable bonds is 6. The van der Waals surface area contributed by atoms with E-state index in [-0.39, 0.29) is 6.61 Å². The van der Waals surface area contributed by atoms with Crippen LogP contribution in [0.15, 0.2) is 48.5 Å². The Bertz CT molecular complexity index is 526. The molecule has 0 saturated carbocycles. The molecule has 0 fully saturated rings. The van der Waals surface area contributed by atoms with E-state index in [0.717, 1.165) is 24.4 Å². The van der Waals surface area contributed by atoms with Crippen LogP contribution in [0.25, 0.3) is 0 Å². The van der Waals surface area contributed by atoms with E-state index in [9.17, 15) is 5.11 Å². The topological polar surface area (TPSA) is 41.5 Å². The van der Waals surface area contributed by atoms with Gasteiger partial charge in [0.1, 0.15) is 11.5 Å². The summed E-state index contributed by atoms with van der Waals surface area (Å²) in [5.74, 6) is 1.49. The van der Waals surface area contributed by atoms with Gasteiger partial charge in [0.25, 0.3) is 0 Å². The number of hydrogen-bond acceptors (Lipinski definition) is 3. The molecule has 3 nitrogen and oxygen atoms in total. The third kappa shape index (κ3) is 3.81. The third-order valence-corrected chi connectivity index (χ3v) is 2.85. The molecular formula is C16H19NO2. The number of aliphatic hydroxyl groups is 1. The molecule has 100 valence electrons. The van der Waals surface area contributed by atoms with Crippen molar-refractivity contribution >= 4 is 0 Å². The van der Waals surface area contributed by atoms with Crippen LogP contribution in [0.4, 0.5) is 0 Å². The van der Waals surface area contributed by atoms with E-state index in [1.807, 2.05) is 42.5 Å². The van der Waals surface area contributed by atoms with E-state index in [4.69, 9.17) is 4.74 Å². The summed E-state index contributed by atoms with van der Waals surface area (Å²) < 4.78 is 5.83. The highest BCUT2D eigenvalue weighted by molar-refractivity contribution is 5.38. The van der Waals surface area contributed by atoms with Crippen LogP contribution in [0.3, 0.4) is 0 Å². The summed E-state index contributed by atoms with van der Waals surface area (Å²) in [4.78, 5) is 0. The van der Waals surface area contributed by atoms with Crippen LogP contribution >= 0.6 is 0 Å². The Morgan fingerprint density at radius 1 is 1.11 bits per heavy atom. The van der Waals surface area contributed by atoms with Gasteiger partial charge in [0.05, 0.1) is 6.61 Å². The smallest absolute Gasteiger partial charge is 0.132 e. The molecule has 0 aliphatic carbocycles. The van der Waals surface area contributed by atoms with E-state index in [2.05, 4.69) is 18.3 Å². The Balaban J connectivity index is 2.14. The molecule has 2 aromatic carbocycles. The molecule has 3 heteroatoms. The predicted molar refractivity (Wildman–Crippen MR) is 76.3 cm³/mol. The fraction of sp³-hybridized carbons (Fsp3) is 0.250. The van der Waals surface area contributed by atoms with Gasteiger partial charge in [-0.1, -0.05) is 37.3 Å². The van der Waals surface area contributed by atoms with E-state index >= 15 is 0 Å². The lowest BCUT2D eigenvalue weighted by Gasteiger charge is -2.10. The molecule has 0 radical (unpaired) electrons. The minimum Gasteiger partial charge on any atom is -0.457 e. The second-order valence-corrected chi connectivity index (χ2v) is 4.30. The lowest BCUT2D eigenvalue weighted by molar-refractivity contribution is 0.276. The van der Waals surface area contributed by atoms with Gasteiger partial charge >= 0.3 is 0 Å². The highest BCUT2D eigenvalue weighted by atomic mass is 16.5. The average molecular weight is 257 g/mol. The maximum atomic E-state index is 9.28. The number of hydrogen-bond donors (Lipinski definition) is 2. The molecule has 0 spiro atoms. The van der Waals surface area contributed by atoms with Crippen LogP contribution in [0.5, 0.6) is 11.5 Å². The standard InChI is InChI=1S/C16H19NO2/c1-2-17-11-13-6-5-8-15(10-13)19-16-9-4-3-7-14(16)12-18/h3-10,17-18H,2,11-12H2,1H3. The van der Waals surface area contributed by atoms with Crippen LogP contribution in [0.1, 0.15) is 18.1 Å². The summed E-state index contributed by atoms with van der Waals surface area (Å²) in [6, 6.07) is 15.5. The van der Waals surface area contributed by atoms with E-state index in [1.54, 1.807) is 0 Å². The van der Waals surface area contributed by atoms with Gasteiger partial charge < -0.3 is 15.2 Å². The minimum absolute atomic E-state index is 0.0206. The van der Waals surface area contributed by atoms with E-state index in [0.29, 0.717) is 5.75 Å². The fourth-order valence-corrected chi connectivity index (χ4v) is 1.85. The largest absolute Gasteiger partial charge is 0.457 e. The fourth-order valence-electron chi connectivity index (χ4n) is 1.85. The quantitative estimate of drug-likeness (QED) is 0.835. The van der Waals surface area contributed by atoms with Crippen LogP contribution in [-0.2, 0) is 13.2 Å². The van der Waals surface area contributed by atoms with Crippen molar-refractivity contribution in [2.24, 2.45) is 0 Å². The minimum atomic E-state index is -0.0206. The van der Waals surface area contributed by atoms with Crippen molar-refractivity contribution in [2.45, 2.75) is 20.1 Å². The summed E-state index contributed by atoms with van der Waals surface area (Å²) in [7, 11) is 0. The Morgan fingerprint density at radius 2 is 1.95 bits per heavy atom. The van der Waals surface area contributed by atoms with Gasteiger partial charge in [0, 0.05) is 12.1 Å². The van der Waals surface area contributed by atoms with Crippen LogP contribution in [-0.4, -0.2) is 11.7 Å². The zero-order valence-electron chi connectivity index (χ0n) is 11.1. The maximum Gasteiger partial charge on any atom is 0.132 e. The normalized spacial score (nSPS) is 10.4. The summed E-state index contributed by atoms with van der Waals surface area (Å²) in [5.41, 5.74) is 1.97. The van der Waals surface area contributed by atoms with E-state index in [1.165, 1.54) is 5.56 Å². The molecule has 0 aromatic heterocycles. The first-order valence-electron chi connectivity index (χ1n) is 6.49. The Labute approximate surface area is 113 Å². The SMILES string of the molecule is CCNCc1cccc(Oc2ccccc2CO)c1. The summed E-state index contributed by atoms with van der Waals surface area (Å²) in [6.45, 7) is 3.83. The zero-order valence-corrected chi connectivity index (χ0v) is 11.1. The molecule has 0 heterocycles. The maximum absolute atomic E-state index is 9.28. The number of para-hydroxylation sites is 1. The molecule has 0 aliphatic rings. The van der Waals surface area contributed by atoms with Crippen molar-refractivity contribution in [1.29, 1.82) is 0 Å². The van der Waals surface area contributed by atoms with Gasteiger partial charge in [0.2, 0.25) is 0 Å². The molecule has 2 rings (SSSR count). The first-order chi connectivity index (χ1) is 9.33. The molecule has 0 atom stereocenters. The molecule has 19 heavy (non-hydrogen) atoms. The molecular weight excluding hydrogens is 238 g/mol. The predicted octanol–water partition coefficient (Wildman–Crippen LogP) is 3.08. The van der Waals surface area contributed by atoms with Gasteiger partial charge in [-0.2, -0.15) is 0 Å². The van der Waals surface area contributed by atoms with Crippen molar-refractivity contribution in [1.82, 2.24) is 5.32 Å². The van der Waals surface area contributed by atoms with Crippen molar-refractivity contribution in [3.05, 3.63) is 59.7 Å². The van der Waals surface area contributed by atoms with Crippen LogP contribution in [0, 0.1) is 0 Å². The first-order valence-corrected chi connectivity index (χ1v) is 6.49. The van der Waals surface area contributed by atoms with Crippen LogP contribution in [0.2, 0.25) is 0 Å². The lowest BCUT2D eigenvalue weighted by atomic mass is 10.2. The molecule has 0 bridgehead atoms. The highest BCUT2D eigenvalue weighted by Crippen LogP contribution is 2.25. The molecule has 2 N–H and O–H groups in total. The van der Waals surface area contributed by atoms with Crippen LogP contribution < -0.4 is 10.1 Å². The third-order valence-electron chi connectivity index (χ3n) is 2.85. The summed E-state index contributed by atoms with van der Waals surface area (Å²) in [6.07, 6.45) is 0. The van der Waals surface area contributed by atoms with Crippen molar-refractivity contribution in [3.63, 3.8) is 0 Å². The second kappa shape index (κ2) is 6.92. The van der Waals surface area contributed by atoms with Gasteiger partial charge in [-0.15, -0.1) is 0 Å². The van der Waals surface area contributed by atoms with Gasteiger partial charge in [-0.3, -0.25) is 0 Å². The van der Waals surface area contributed by atoms with Gasteiger partial charge in [0.15, 0.2) is 0 Å². The van der Waals surface area contributed by atoms with Crippen molar-refractivity contribution in [3.8, 4) is 11.5 Å². The molecule has 0 unspecified atom stereocenters. The molecule has 0 amide bonds.